The first-order valence-corrected chi connectivity index (χ1v) is 5.77. The molecule has 0 aliphatic rings. The van der Waals surface area contributed by atoms with Gasteiger partial charge in [0.05, 0.1) is 13.2 Å². The Morgan fingerprint density at radius 3 is 2.41 bits per heavy atom. The number of aliphatic hydroxyl groups is 1. The molecule has 0 radical (unpaired) electrons. The van der Waals surface area contributed by atoms with Crippen LogP contribution < -0.4 is 4.74 Å². The standard InChI is InChI=1S/C15H16O2/c1-2-17-15-13(11-16)9-6-10-14(15)12-7-4-3-5-8-12/h3-10,16H,2,11H2,1H3. The molecule has 0 spiro atoms. The van der Waals surface area contributed by atoms with E-state index in [0.29, 0.717) is 6.61 Å². The number of hydrogen-bond acceptors (Lipinski definition) is 2. The summed E-state index contributed by atoms with van der Waals surface area (Å²) in [6.45, 7) is 2.54. The van der Waals surface area contributed by atoms with Gasteiger partial charge in [0.2, 0.25) is 0 Å². The predicted octanol–water partition coefficient (Wildman–Crippen LogP) is 3.24. The molecular formula is C15H16O2. The lowest BCUT2D eigenvalue weighted by Gasteiger charge is -2.13. The summed E-state index contributed by atoms with van der Waals surface area (Å²) >= 11 is 0. The third-order valence-corrected chi connectivity index (χ3v) is 2.64. The molecule has 0 saturated carbocycles. The average molecular weight is 228 g/mol. The van der Waals surface area contributed by atoms with E-state index >= 15 is 0 Å². The molecule has 88 valence electrons. The molecule has 0 heterocycles. The lowest BCUT2D eigenvalue weighted by molar-refractivity contribution is 0.267. The zero-order chi connectivity index (χ0) is 12.1. The zero-order valence-electron chi connectivity index (χ0n) is 9.89. The van der Waals surface area contributed by atoms with Crippen LogP contribution in [0.25, 0.3) is 11.1 Å². The van der Waals surface area contributed by atoms with Crippen LogP contribution in [0, 0.1) is 0 Å². The lowest BCUT2D eigenvalue weighted by Crippen LogP contribution is -1.99. The number of benzene rings is 2. The molecule has 0 saturated heterocycles. The molecule has 0 bridgehead atoms. The minimum absolute atomic E-state index is 0.00396. The highest BCUT2D eigenvalue weighted by Gasteiger charge is 2.10. The molecule has 0 unspecified atom stereocenters. The van der Waals surface area contributed by atoms with Gasteiger partial charge in [0.25, 0.3) is 0 Å². The third-order valence-electron chi connectivity index (χ3n) is 2.64. The summed E-state index contributed by atoms with van der Waals surface area (Å²) < 4.78 is 5.65. The number of hydrogen-bond donors (Lipinski definition) is 1. The average Bonchev–Trinajstić information content (AvgIpc) is 2.40. The lowest BCUT2D eigenvalue weighted by atomic mass is 10.0. The quantitative estimate of drug-likeness (QED) is 0.870. The number of para-hydroxylation sites is 1. The highest BCUT2D eigenvalue weighted by Crippen LogP contribution is 2.33. The van der Waals surface area contributed by atoms with Crippen molar-refractivity contribution in [2.24, 2.45) is 0 Å². The van der Waals surface area contributed by atoms with E-state index in [0.717, 1.165) is 22.4 Å². The molecule has 17 heavy (non-hydrogen) atoms. The van der Waals surface area contributed by atoms with Crippen LogP contribution >= 0.6 is 0 Å². The monoisotopic (exact) mass is 228 g/mol. The SMILES string of the molecule is CCOc1c(CO)cccc1-c1ccccc1. The molecular weight excluding hydrogens is 212 g/mol. The molecule has 2 rings (SSSR count). The normalized spacial score (nSPS) is 10.2. The predicted molar refractivity (Wildman–Crippen MR) is 69.0 cm³/mol. The minimum atomic E-state index is -0.00396. The van der Waals surface area contributed by atoms with Gasteiger partial charge in [-0.3, -0.25) is 0 Å². The van der Waals surface area contributed by atoms with Crippen molar-refractivity contribution in [1.29, 1.82) is 0 Å². The van der Waals surface area contributed by atoms with Crippen molar-refractivity contribution in [1.82, 2.24) is 0 Å². The van der Waals surface area contributed by atoms with Crippen LogP contribution in [-0.2, 0) is 6.61 Å². The molecule has 2 nitrogen and oxygen atoms in total. The summed E-state index contributed by atoms with van der Waals surface area (Å²) in [4.78, 5) is 0. The van der Waals surface area contributed by atoms with Gasteiger partial charge in [-0.15, -0.1) is 0 Å². The van der Waals surface area contributed by atoms with Crippen molar-refractivity contribution in [2.45, 2.75) is 13.5 Å². The Bertz CT molecular complexity index is 478. The van der Waals surface area contributed by atoms with Crippen molar-refractivity contribution in [3.8, 4) is 16.9 Å². The Balaban J connectivity index is 2.53. The van der Waals surface area contributed by atoms with Crippen LogP contribution in [-0.4, -0.2) is 11.7 Å². The molecule has 0 fully saturated rings. The van der Waals surface area contributed by atoms with E-state index in [-0.39, 0.29) is 6.61 Å². The summed E-state index contributed by atoms with van der Waals surface area (Å²) in [6.07, 6.45) is 0. The van der Waals surface area contributed by atoms with Gasteiger partial charge < -0.3 is 9.84 Å². The first-order chi connectivity index (χ1) is 8.36. The third kappa shape index (κ3) is 2.48. The van der Waals surface area contributed by atoms with Crippen molar-refractivity contribution in [3.05, 3.63) is 54.1 Å². The maximum Gasteiger partial charge on any atom is 0.132 e. The Kier molecular flexibility index (Phi) is 3.78. The topological polar surface area (TPSA) is 29.5 Å². The van der Waals surface area contributed by atoms with E-state index in [1.807, 2.05) is 55.5 Å². The fourth-order valence-corrected chi connectivity index (χ4v) is 1.87. The smallest absolute Gasteiger partial charge is 0.132 e. The molecule has 0 aromatic heterocycles. The maximum atomic E-state index is 9.34. The van der Waals surface area contributed by atoms with E-state index in [1.54, 1.807) is 0 Å². The molecule has 2 aromatic rings. The molecule has 0 amide bonds. The molecule has 0 aliphatic heterocycles. The van der Waals surface area contributed by atoms with E-state index < -0.39 is 0 Å². The molecule has 2 heteroatoms. The second-order valence-electron chi connectivity index (χ2n) is 3.75. The van der Waals surface area contributed by atoms with Crippen molar-refractivity contribution >= 4 is 0 Å². The summed E-state index contributed by atoms with van der Waals surface area (Å²) in [5.41, 5.74) is 2.96. The first kappa shape index (κ1) is 11.7. The molecule has 0 atom stereocenters. The van der Waals surface area contributed by atoms with Crippen molar-refractivity contribution < 1.29 is 9.84 Å². The Labute approximate surface area is 101 Å². The number of aliphatic hydroxyl groups excluding tert-OH is 1. The highest BCUT2D eigenvalue weighted by molar-refractivity contribution is 5.72. The van der Waals surface area contributed by atoms with Crippen LogP contribution in [0.1, 0.15) is 12.5 Å². The largest absolute Gasteiger partial charge is 0.493 e. The van der Waals surface area contributed by atoms with Gasteiger partial charge in [-0.25, -0.2) is 0 Å². The Hall–Kier alpha value is -1.80. The number of ether oxygens (including phenoxy) is 1. The van der Waals surface area contributed by atoms with Gasteiger partial charge in [0.15, 0.2) is 0 Å². The van der Waals surface area contributed by atoms with Gasteiger partial charge in [-0.1, -0.05) is 48.5 Å². The summed E-state index contributed by atoms with van der Waals surface area (Å²) in [5, 5.41) is 9.34. The first-order valence-electron chi connectivity index (χ1n) is 5.77. The van der Waals surface area contributed by atoms with Crippen LogP contribution in [0.15, 0.2) is 48.5 Å². The van der Waals surface area contributed by atoms with Gasteiger partial charge in [0.1, 0.15) is 5.75 Å². The Morgan fingerprint density at radius 2 is 1.76 bits per heavy atom. The summed E-state index contributed by atoms with van der Waals surface area (Å²) in [5.74, 6) is 0.781. The minimum Gasteiger partial charge on any atom is -0.493 e. The molecule has 0 aliphatic carbocycles. The zero-order valence-corrected chi connectivity index (χ0v) is 9.89. The van der Waals surface area contributed by atoms with E-state index in [2.05, 4.69) is 0 Å². The van der Waals surface area contributed by atoms with Crippen molar-refractivity contribution in [3.63, 3.8) is 0 Å². The van der Waals surface area contributed by atoms with E-state index in [9.17, 15) is 5.11 Å². The summed E-state index contributed by atoms with van der Waals surface area (Å²) in [7, 11) is 0. The van der Waals surface area contributed by atoms with Gasteiger partial charge >= 0.3 is 0 Å². The van der Waals surface area contributed by atoms with Crippen molar-refractivity contribution in [2.75, 3.05) is 6.61 Å². The van der Waals surface area contributed by atoms with Gasteiger partial charge in [-0.2, -0.15) is 0 Å². The second kappa shape index (κ2) is 5.51. The van der Waals surface area contributed by atoms with Crippen LogP contribution in [0.4, 0.5) is 0 Å². The van der Waals surface area contributed by atoms with Gasteiger partial charge in [-0.05, 0) is 12.5 Å². The van der Waals surface area contributed by atoms with E-state index in [1.165, 1.54) is 0 Å². The fourth-order valence-electron chi connectivity index (χ4n) is 1.87. The number of rotatable bonds is 4. The summed E-state index contributed by atoms with van der Waals surface area (Å²) in [6, 6.07) is 15.9. The molecule has 2 aromatic carbocycles. The highest BCUT2D eigenvalue weighted by atomic mass is 16.5. The van der Waals surface area contributed by atoms with E-state index in [4.69, 9.17) is 4.74 Å². The van der Waals surface area contributed by atoms with Crippen LogP contribution in [0.3, 0.4) is 0 Å². The maximum absolute atomic E-state index is 9.34. The second-order valence-corrected chi connectivity index (χ2v) is 3.75. The molecule has 1 N–H and O–H groups in total. The van der Waals surface area contributed by atoms with Crippen LogP contribution in [0.5, 0.6) is 5.75 Å². The fraction of sp³-hybridized carbons (Fsp3) is 0.200. The van der Waals surface area contributed by atoms with Crippen LogP contribution in [0.2, 0.25) is 0 Å². The van der Waals surface area contributed by atoms with Gasteiger partial charge in [0, 0.05) is 11.1 Å². The Morgan fingerprint density at radius 1 is 1.00 bits per heavy atom.